The fourth-order valence-electron chi connectivity index (χ4n) is 1.46. The number of unbranched alkanes of at least 4 members (excludes halogenated alkanes) is 1. The Bertz CT molecular complexity index is 348. The van der Waals surface area contributed by atoms with Gasteiger partial charge in [0, 0.05) is 4.90 Å². The zero-order valence-electron chi connectivity index (χ0n) is 9.93. The molecule has 0 aromatic heterocycles. The highest BCUT2D eigenvalue weighted by atomic mass is 32.2. The van der Waals surface area contributed by atoms with Crippen molar-refractivity contribution in [3.05, 3.63) is 29.8 Å². The molecule has 0 radical (unpaired) electrons. The molecule has 0 aliphatic carbocycles. The van der Waals surface area contributed by atoms with Crippen LogP contribution in [0.2, 0.25) is 0 Å². The van der Waals surface area contributed by atoms with Gasteiger partial charge in [0.05, 0.1) is 6.61 Å². The second kappa shape index (κ2) is 7.35. The highest BCUT2D eigenvalue weighted by molar-refractivity contribution is 8.00. The monoisotopic (exact) mass is 254 g/mol. The Kier molecular flexibility index (Phi) is 6.08. The van der Waals surface area contributed by atoms with Crippen LogP contribution >= 0.6 is 11.8 Å². The highest BCUT2D eigenvalue weighted by Gasteiger charge is 2.17. The standard InChI is InChI=1S/C13H18O3S/c1-2-3-4-12(13(15)16)17-11-7-5-10(9-14)6-8-11/h5-8,12,14H,2-4,9H2,1H3,(H,15,16). The smallest absolute Gasteiger partial charge is 0.316 e. The van der Waals surface area contributed by atoms with Crippen LogP contribution in [0.1, 0.15) is 31.7 Å². The Morgan fingerprint density at radius 1 is 1.35 bits per heavy atom. The van der Waals surface area contributed by atoms with Crippen molar-refractivity contribution in [1.82, 2.24) is 0 Å². The fraction of sp³-hybridized carbons (Fsp3) is 0.462. The zero-order valence-corrected chi connectivity index (χ0v) is 10.7. The minimum absolute atomic E-state index is 0.0170. The number of hydrogen-bond acceptors (Lipinski definition) is 3. The first-order valence-electron chi connectivity index (χ1n) is 5.76. The van der Waals surface area contributed by atoms with Crippen LogP contribution in [0.5, 0.6) is 0 Å². The summed E-state index contributed by atoms with van der Waals surface area (Å²) in [7, 11) is 0. The SMILES string of the molecule is CCCCC(Sc1ccc(CO)cc1)C(=O)O. The Balaban J connectivity index is 2.61. The van der Waals surface area contributed by atoms with E-state index >= 15 is 0 Å². The molecule has 3 nitrogen and oxygen atoms in total. The van der Waals surface area contributed by atoms with Gasteiger partial charge >= 0.3 is 5.97 Å². The number of aliphatic hydroxyl groups excluding tert-OH is 1. The van der Waals surface area contributed by atoms with Gasteiger partial charge in [-0.1, -0.05) is 31.9 Å². The van der Waals surface area contributed by atoms with Crippen LogP contribution in [0.15, 0.2) is 29.2 Å². The summed E-state index contributed by atoms with van der Waals surface area (Å²) in [6, 6.07) is 7.36. The van der Waals surface area contributed by atoms with Crippen LogP contribution in [0.3, 0.4) is 0 Å². The summed E-state index contributed by atoms with van der Waals surface area (Å²) < 4.78 is 0. The number of carboxylic acids is 1. The number of carbonyl (C=O) groups is 1. The Morgan fingerprint density at radius 2 is 2.00 bits per heavy atom. The zero-order chi connectivity index (χ0) is 12.7. The molecular weight excluding hydrogens is 236 g/mol. The number of aliphatic hydroxyl groups is 1. The number of rotatable bonds is 7. The van der Waals surface area contributed by atoms with E-state index in [0.717, 1.165) is 23.3 Å². The Morgan fingerprint density at radius 3 is 2.47 bits per heavy atom. The molecular formula is C13H18O3S. The van der Waals surface area contributed by atoms with Gasteiger partial charge in [0.1, 0.15) is 5.25 Å². The average Bonchev–Trinajstić information content (AvgIpc) is 2.35. The van der Waals surface area contributed by atoms with Crippen LogP contribution in [-0.2, 0) is 11.4 Å². The summed E-state index contributed by atoms with van der Waals surface area (Å²) in [6.07, 6.45) is 2.63. The summed E-state index contributed by atoms with van der Waals surface area (Å²) in [5.41, 5.74) is 0.842. The molecule has 0 spiro atoms. The molecule has 0 aliphatic rings. The normalized spacial score (nSPS) is 12.4. The van der Waals surface area contributed by atoms with E-state index in [0.29, 0.717) is 6.42 Å². The first-order valence-corrected chi connectivity index (χ1v) is 6.64. The molecule has 1 unspecified atom stereocenters. The van der Waals surface area contributed by atoms with Crippen LogP contribution in [-0.4, -0.2) is 21.4 Å². The Labute approximate surface area is 106 Å². The lowest BCUT2D eigenvalue weighted by molar-refractivity contribution is -0.136. The maximum absolute atomic E-state index is 11.1. The van der Waals surface area contributed by atoms with E-state index < -0.39 is 5.97 Å². The van der Waals surface area contributed by atoms with Crippen molar-refractivity contribution >= 4 is 17.7 Å². The number of aliphatic carboxylic acids is 1. The van der Waals surface area contributed by atoms with Gasteiger partial charge in [-0.05, 0) is 24.1 Å². The van der Waals surface area contributed by atoms with E-state index in [9.17, 15) is 4.79 Å². The fourth-order valence-corrected chi connectivity index (χ4v) is 2.47. The van der Waals surface area contributed by atoms with E-state index in [1.165, 1.54) is 11.8 Å². The lowest BCUT2D eigenvalue weighted by atomic mass is 10.2. The molecule has 0 aliphatic heterocycles. The van der Waals surface area contributed by atoms with Crippen LogP contribution < -0.4 is 0 Å². The highest BCUT2D eigenvalue weighted by Crippen LogP contribution is 2.27. The third-order valence-corrected chi connectivity index (χ3v) is 3.75. The van der Waals surface area contributed by atoms with Gasteiger partial charge in [-0.15, -0.1) is 11.8 Å². The predicted molar refractivity (Wildman–Crippen MR) is 69.2 cm³/mol. The third kappa shape index (κ3) is 4.79. The molecule has 4 heteroatoms. The summed E-state index contributed by atoms with van der Waals surface area (Å²) in [5, 5.41) is 17.6. The molecule has 17 heavy (non-hydrogen) atoms. The van der Waals surface area contributed by atoms with E-state index in [1.54, 1.807) is 0 Å². The lowest BCUT2D eigenvalue weighted by Gasteiger charge is -2.11. The second-order valence-electron chi connectivity index (χ2n) is 3.89. The number of benzene rings is 1. The summed E-state index contributed by atoms with van der Waals surface area (Å²) in [5.74, 6) is -0.755. The van der Waals surface area contributed by atoms with E-state index in [-0.39, 0.29) is 11.9 Å². The van der Waals surface area contributed by atoms with E-state index in [1.807, 2.05) is 24.3 Å². The maximum atomic E-state index is 11.1. The summed E-state index contributed by atoms with van der Waals surface area (Å²) in [4.78, 5) is 12.0. The van der Waals surface area contributed by atoms with Gasteiger partial charge in [-0.25, -0.2) is 0 Å². The molecule has 0 saturated heterocycles. The van der Waals surface area contributed by atoms with E-state index in [2.05, 4.69) is 6.92 Å². The van der Waals surface area contributed by atoms with Crippen molar-refractivity contribution in [2.24, 2.45) is 0 Å². The third-order valence-electron chi connectivity index (χ3n) is 2.48. The van der Waals surface area contributed by atoms with Crippen LogP contribution in [0.4, 0.5) is 0 Å². The molecule has 2 N–H and O–H groups in total. The molecule has 1 aromatic rings. The van der Waals surface area contributed by atoms with Crippen molar-refractivity contribution in [3.8, 4) is 0 Å². The van der Waals surface area contributed by atoms with Gasteiger partial charge in [-0.3, -0.25) is 4.79 Å². The molecule has 94 valence electrons. The van der Waals surface area contributed by atoms with Crippen molar-refractivity contribution in [1.29, 1.82) is 0 Å². The summed E-state index contributed by atoms with van der Waals surface area (Å²) >= 11 is 1.37. The van der Waals surface area contributed by atoms with Crippen molar-refractivity contribution in [3.63, 3.8) is 0 Å². The quantitative estimate of drug-likeness (QED) is 0.735. The van der Waals surface area contributed by atoms with Gasteiger partial charge in [0.15, 0.2) is 0 Å². The topological polar surface area (TPSA) is 57.5 Å². The van der Waals surface area contributed by atoms with Crippen molar-refractivity contribution < 1.29 is 15.0 Å². The Hall–Kier alpha value is -1.00. The first kappa shape index (κ1) is 14.1. The molecule has 0 heterocycles. The molecule has 1 atom stereocenters. The average molecular weight is 254 g/mol. The lowest BCUT2D eigenvalue weighted by Crippen LogP contribution is -2.15. The largest absolute Gasteiger partial charge is 0.480 e. The number of carboxylic acid groups (broad SMARTS) is 1. The summed E-state index contributed by atoms with van der Waals surface area (Å²) in [6.45, 7) is 2.07. The van der Waals surface area contributed by atoms with Crippen molar-refractivity contribution in [2.75, 3.05) is 0 Å². The first-order chi connectivity index (χ1) is 8.17. The minimum Gasteiger partial charge on any atom is -0.480 e. The molecule has 1 rings (SSSR count). The maximum Gasteiger partial charge on any atom is 0.316 e. The van der Waals surface area contributed by atoms with Crippen molar-refractivity contribution in [2.45, 2.75) is 42.9 Å². The minimum atomic E-state index is -0.755. The van der Waals surface area contributed by atoms with Crippen LogP contribution in [0, 0.1) is 0 Å². The number of thioether (sulfide) groups is 1. The van der Waals surface area contributed by atoms with Gasteiger partial charge < -0.3 is 10.2 Å². The molecule has 1 aromatic carbocycles. The number of hydrogen-bond donors (Lipinski definition) is 2. The second-order valence-corrected chi connectivity index (χ2v) is 5.17. The molecule has 0 amide bonds. The molecule has 0 bridgehead atoms. The van der Waals surface area contributed by atoms with Gasteiger partial charge in [-0.2, -0.15) is 0 Å². The van der Waals surface area contributed by atoms with Gasteiger partial charge in [0.2, 0.25) is 0 Å². The van der Waals surface area contributed by atoms with E-state index in [4.69, 9.17) is 10.2 Å². The molecule has 0 fully saturated rings. The van der Waals surface area contributed by atoms with Gasteiger partial charge in [0.25, 0.3) is 0 Å². The molecule has 0 saturated carbocycles. The predicted octanol–water partition coefficient (Wildman–Crippen LogP) is 2.91. The van der Waals surface area contributed by atoms with Crippen LogP contribution in [0.25, 0.3) is 0 Å².